The second-order valence-electron chi connectivity index (χ2n) is 3.75. The van der Waals surface area contributed by atoms with Crippen LogP contribution in [0.2, 0.25) is 0 Å². The summed E-state index contributed by atoms with van der Waals surface area (Å²) in [7, 11) is 0. The van der Waals surface area contributed by atoms with E-state index in [0.29, 0.717) is 13.2 Å². The molecule has 18 heavy (non-hydrogen) atoms. The minimum atomic E-state index is -0.376. The average Bonchev–Trinajstić information content (AvgIpc) is 2.76. The number of hydrogen-bond donors (Lipinski definition) is 0. The fraction of sp³-hybridized carbons (Fsp3) is 0.714. The van der Waals surface area contributed by atoms with Gasteiger partial charge < -0.3 is 9.47 Å². The fourth-order valence-electron chi connectivity index (χ4n) is 1.38. The van der Waals surface area contributed by atoms with Crippen molar-refractivity contribution in [2.24, 2.45) is 15.6 Å². The Morgan fingerprint density at radius 3 is 2.78 bits per heavy atom. The number of nitrogens with zero attached hydrogens (tertiary/aromatic N) is 8. The summed E-state index contributed by atoms with van der Waals surface area (Å²) in [4.78, 5) is 5.25. The summed E-state index contributed by atoms with van der Waals surface area (Å²) in [6, 6.07) is 0. The number of rotatable bonds is 6. The maximum Gasteiger partial charge on any atom is 0.285 e. The Morgan fingerprint density at radius 2 is 2.17 bits per heavy atom. The van der Waals surface area contributed by atoms with Gasteiger partial charge in [-0.15, -0.1) is 0 Å². The summed E-state index contributed by atoms with van der Waals surface area (Å²) in [5.41, 5.74) is 16.2. The normalized spacial score (nSPS) is 16.0. The second-order valence-corrected chi connectivity index (χ2v) is 3.75. The van der Waals surface area contributed by atoms with Gasteiger partial charge in [0, 0.05) is 16.4 Å². The molecule has 1 fully saturated rings. The molecule has 1 aliphatic rings. The predicted octanol–water partition coefficient (Wildman–Crippen LogP) is 1.72. The first-order chi connectivity index (χ1) is 8.79. The molecule has 2 rings (SSSR count). The number of hydrogen-bond acceptors (Lipinski definition) is 7. The van der Waals surface area contributed by atoms with Crippen LogP contribution in [0.4, 0.5) is 5.82 Å². The predicted molar refractivity (Wildman–Crippen MR) is 55.9 cm³/mol. The van der Waals surface area contributed by atoms with Gasteiger partial charge in [-0.2, -0.15) is 0 Å². The molecule has 0 atom stereocenters. The van der Waals surface area contributed by atoms with Crippen molar-refractivity contribution in [1.29, 1.82) is 0 Å². The third-order valence-corrected chi connectivity index (χ3v) is 2.38. The summed E-state index contributed by atoms with van der Waals surface area (Å²) >= 11 is 0. The Labute approximate surface area is 99.9 Å². The molecule has 94 valence electrons. The highest BCUT2D eigenvalue weighted by Gasteiger charge is 2.39. The van der Waals surface area contributed by atoms with Gasteiger partial charge in [0.2, 0.25) is 5.82 Å². The molecule has 0 spiro atoms. The van der Waals surface area contributed by atoms with E-state index < -0.39 is 0 Å². The Bertz CT molecular complexity index is 511. The van der Waals surface area contributed by atoms with Crippen LogP contribution in [-0.4, -0.2) is 36.7 Å². The van der Waals surface area contributed by atoms with Gasteiger partial charge in [0.15, 0.2) is 0 Å². The smallest absolute Gasteiger partial charge is 0.285 e. The van der Waals surface area contributed by atoms with E-state index in [1.54, 1.807) is 0 Å². The van der Waals surface area contributed by atoms with Crippen LogP contribution in [0.3, 0.4) is 0 Å². The lowest BCUT2D eigenvalue weighted by molar-refractivity contribution is -0.126. The highest BCUT2D eigenvalue weighted by atomic mass is 16.6. The van der Waals surface area contributed by atoms with Crippen LogP contribution in [0.15, 0.2) is 14.9 Å². The van der Waals surface area contributed by atoms with Gasteiger partial charge in [-0.05, 0) is 26.5 Å². The van der Waals surface area contributed by atoms with Gasteiger partial charge in [-0.1, -0.05) is 5.11 Å². The SMILES string of the molecule is [N-]=[N+]=NCC1(COc2nonc2N=[N+]=[N-])COC1. The number of ether oxygens (including phenoxy) is 2. The second kappa shape index (κ2) is 5.23. The van der Waals surface area contributed by atoms with Crippen LogP contribution in [-0.2, 0) is 4.74 Å². The fourth-order valence-corrected chi connectivity index (χ4v) is 1.38. The number of aromatic nitrogens is 2. The third kappa shape index (κ3) is 2.43. The zero-order valence-electron chi connectivity index (χ0n) is 9.13. The largest absolute Gasteiger partial charge is 0.473 e. The van der Waals surface area contributed by atoms with Gasteiger partial charge in [0.25, 0.3) is 5.88 Å². The molecular formula is C7H8N8O3. The van der Waals surface area contributed by atoms with Gasteiger partial charge in [0.05, 0.1) is 18.6 Å². The highest BCUT2D eigenvalue weighted by Crippen LogP contribution is 2.30. The van der Waals surface area contributed by atoms with Crippen molar-refractivity contribution in [1.82, 2.24) is 10.3 Å². The first kappa shape index (κ1) is 12.0. The van der Waals surface area contributed by atoms with Crippen molar-refractivity contribution >= 4 is 5.82 Å². The number of azide groups is 2. The lowest BCUT2D eigenvalue weighted by atomic mass is 9.87. The van der Waals surface area contributed by atoms with Crippen LogP contribution >= 0.6 is 0 Å². The summed E-state index contributed by atoms with van der Waals surface area (Å²) in [6.07, 6.45) is 0. The first-order valence-electron chi connectivity index (χ1n) is 4.89. The quantitative estimate of drug-likeness (QED) is 0.428. The molecule has 1 aromatic rings. The molecule has 0 saturated carbocycles. The molecule has 1 aliphatic heterocycles. The minimum absolute atomic E-state index is 0.0000113. The average molecular weight is 252 g/mol. The highest BCUT2D eigenvalue weighted by molar-refractivity contribution is 5.36. The molecule has 1 aromatic heterocycles. The van der Waals surface area contributed by atoms with Gasteiger partial charge in [-0.3, -0.25) is 0 Å². The van der Waals surface area contributed by atoms with E-state index in [1.165, 1.54) is 0 Å². The standard InChI is InChI=1S/C7H8N8O3/c8-14-10-1-7(2-16-3-7)4-17-6-5(11-15-9)12-18-13-6/h1-4H2. The van der Waals surface area contributed by atoms with Crippen molar-refractivity contribution in [3.63, 3.8) is 0 Å². The summed E-state index contributed by atoms with van der Waals surface area (Å²) in [5, 5.41) is 13.6. The molecule has 0 aliphatic carbocycles. The maximum atomic E-state index is 8.30. The first-order valence-corrected chi connectivity index (χ1v) is 4.89. The van der Waals surface area contributed by atoms with E-state index in [2.05, 4.69) is 35.0 Å². The Kier molecular flexibility index (Phi) is 3.49. The molecule has 2 heterocycles. The summed E-state index contributed by atoms with van der Waals surface area (Å²) in [6.45, 7) is 1.31. The van der Waals surface area contributed by atoms with Crippen molar-refractivity contribution in [3.8, 4) is 5.88 Å². The molecule has 0 unspecified atom stereocenters. The topological polar surface area (TPSA) is 155 Å². The van der Waals surface area contributed by atoms with Crippen LogP contribution in [0.5, 0.6) is 5.88 Å². The van der Waals surface area contributed by atoms with Crippen molar-refractivity contribution in [2.75, 3.05) is 26.4 Å². The van der Waals surface area contributed by atoms with Crippen molar-refractivity contribution < 1.29 is 14.1 Å². The third-order valence-electron chi connectivity index (χ3n) is 2.38. The van der Waals surface area contributed by atoms with E-state index in [4.69, 9.17) is 20.5 Å². The van der Waals surface area contributed by atoms with Crippen LogP contribution in [0.1, 0.15) is 0 Å². The monoisotopic (exact) mass is 252 g/mol. The van der Waals surface area contributed by atoms with Crippen LogP contribution < -0.4 is 4.74 Å². The molecule has 0 N–H and O–H groups in total. The van der Waals surface area contributed by atoms with Crippen LogP contribution in [0.25, 0.3) is 20.9 Å². The minimum Gasteiger partial charge on any atom is -0.473 e. The van der Waals surface area contributed by atoms with E-state index in [0.717, 1.165) is 0 Å². The molecule has 11 nitrogen and oxygen atoms in total. The lowest BCUT2D eigenvalue weighted by Gasteiger charge is -2.39. The van der Waals surface area contributed by atoms with Crippen molar-refractivity contribution in [2.45, 2.75) is 0 Å². The Hall–Kier alpha value is -2.48. The molecular weight excluding hydrogens is 244 g/mol. The van der Waals surface area contributed by atoms with E-state index in [1.807, 2.05) is 0 Å². The molecule has 0 amide bonds. The molecule has 0 radical (unpaired) electrons. The van der Waals surface area contributed by atoms with Gasteiger partial charge in [-0.25, -0.2) is 4.63 Å². The zero-order valence-corrected chi connectivity index (χ0v) is 9.13. The van der Waals surface area contributed by atoms with E-state index >= 15 is 0 Å². The lowest BCUT2D eigenvalue weighted by Crippen LogP contribution is -2.49. The van der Waals surface area contributed by atoms with Gasteiger partial charge in [0.1, 0.15) is 6.61 Å². The summed E-state index contributed by atoms with van der Waals surface area (Å²) < 4.78 is 14.8. The van der Waals surface area contributed by atoms with Crippen molar-refractivity contribution in [3.05, 3.63) is 20.9 Å². The van der Waals surface area contributed by atoms with Gasteiger partial charge >= 0.3 is 0 Å². The maximum absolute atomic E-state index is 8.30. The Balaban J connectivity index is 1.99. The Morgan fingerprint density at radius 1 is 1.33 bits per heavy atom. The van der Waals surface area contributed by atoms with E-state index in [-0.39, 0.29) is 30.3 Å². The summed E-state index contributed by atoms with van der Waals surface area (Å²) in [5.74, 6) is -0.0725. The van der Waals surface area contributed by atoms with E-state index in [9.17, 15) is 0 Å². The molecule has 11 heteroatoms. The molecule has 1 saturated heterocycles. The van der Waals surface area contributed by atoms with Crippen LogP contribution in [0, 0.1) is 5.41 Å². The molecule has 0 aromatic carbocycles. The molecule has 0 bridgehead atoms. The zero-order chi connectivity index (χ0) is 12.8.